The zero-order chi connectivity index (χ0) is 22.1. The van der Waals surface area contributed by atoms with Crippen LogP contribution in [0, 0.1) is 0 Å². The smallest absolute Gasteiger partial charge is 0.355 e. The molecule has 0 saturated heterocycles. The Labute approximate surface area is 167 Å². The van der Waals surface area contributed by atoms with Crippen LogP contribution in [0.1, 0.15) is 10.5 Å². The van der Waals surface area contributed by atoms with Gasteiger partial charge in [0, 0.05) is 17.6 Å². The summed E-state index contributed by atoms with van der Waals surface area (Å²) in [5.74, 6) is -5.56. The molecule has 0 unspecified atom stereocenters. The fraction of sp³-hybridized carbons (Fsp3) is 0.267. The molecule has 1 amide bonds. The second kappa shape index (κ2) is 10.5. The second-order valence-corrected chi connectivity index (χ2v) is 5.50. The first-order valence-corrected chi connectivity index (χ1v) is 8.17. The van der Waals surface area contributed by atoms with Crippen molar-refractivity contribution in [1.82, 2.24) is 9.59 Å². The molecular formula is C15H16N4O9S. The van der Waals surface area contributed by atoms with E-state index in [0.29, 0.717) is 17.6 Å². The number of amides is 1. The first-order valence-electron chi connectivity index (χ1n) is 7.40. The summed E-state index contributed by atoms with van der Waals surface area (Å²) >= 11 is 0.621. The molecule has 0 aliphatic heterocycles. The molecule has 14 heteroatoms. The normalized spacial score (nSPS) is 11.7. The molecule has 29 heavy (non-hydrogen) atoms. The SMILES string of the molecule is COC(=O)/C=C(C(=O)OC)/C(C(=O)OC)=C(/Nc1snnc1C(N)=O)C(=O)OC. The lowest BCUT2D eigenvalue weighted by Crippen LogP contribution is -2.25. The number of hydrogen-bond donors (Lipinski definition) is 2. The van der Waals surface area contributed by atoms with Crippen LogP contribution in [0.5, 0.6) is 0 Å². The summed E-state index contributed by atoms with van der Waals surface area (Å²) in [6, 6.07) is 0. The molecule has 0 aliphatic rings. The molecule has 0 fully saturated rings. The van der Waals surface area contributed by atoms with Crippen LogP contribution >= 0.6 is 11.5 Å². The van der Waals surface area contributed by atoms with Crippen molar-refractivity contribution in [1.29, 1.82) is 0 Å². The maximum Gasteiger partial charge on any atom is 0.355 e. The standard InChI is InChI=1S/C15H16N4O9S/c1-25-7(20)5-6(13(22)26-2)8(14(23)27-3)9(15(24)28-4)17-12-10(11(16)21)18-19-29-12/h5,17H,1-4H3,(H2,16,21)/b6-5-,9-8-. The Bertz CT molecular complexity index is 903. The first-order chi connectivity index (χ1) is 13.7. The van der Waals surface area contributed by atoms with Gasteiger partial charge in [0.1, 0.15) is 16.3 Å². The lowest BCUT2D eigenvalue weighted by atomic mass is 10.0. The van der Waals surface area contributed by atoms with E-state index in [1.165, 1.54) is 0 Å². The van der Waals surface area contributed by atoms with Crippen LogP contribution in [0.3, 0.4) is 0 Å². The van der Waals surface area contributed by atoms with E-state index in [2.05, 4.69) is 33.9 Å². The third-order valence-corrected chi connectivity index (χ3v) is 3.77. The Hall–Kier alpha value is -3.81. The summed E-state index contributed by atoms with van der Waals surface area (Å²) in [5, 5.41) is 5.78. The van der Waals surface area contributed by atoms with E-state index in [4.69, 9.17) is 5.73 Å². The van der Waals surface area contributed by atoms with Gasteiger partial charge < -0.3 is 30.0 Å². The van der Waals surface area contributed by atoms with E-state index in [0.717, 1.165) is 28.4 Å². The predicted octanol–water partition coefficient (Wildman–Crippen LogP) is -1.08. The number of rotatable bonds is 8. The van der Waals surface area contributed by atoms with Gasteiger partial charge in [-0.2, -0.15) is 0 Å². The Morgan fingerprint density at radius 3 is 2.00 bits per heavy atom. The molecule has 1 aromatic rings. The summed E-state index contributed by atoms with van der Waals surface area (Å²) in [6.07, 6.45) is 0.614. The Kier molecular flexibility index (Phi) is 8.41. The topological polar surface area (TPSA) is 186 Å². The molecule has 0 spiro atoms. The maximum atomic E-state index is 12.4. The number of hydrogen-bond acceptors (Lipinski definition) is 13. The van der Waals surface area contributed by atoms with Crippen LogP contribution in [0.15, 0.2) is 22.9 Å². The number of nitrogens with zero attached hydrogens (tertiary/aromatic N) is 2. The molecular weight excluding hydrogens is 412 g/mol. The van der Waals surface area contributed by atoms with Gasteiger partial charge in [0.2, 0.25) is 0 Å². The zero-order valence-corrected chi connectivity index (χ0v) is 16.4. The average molecular weight is 428 g/mol. The summed E-state index contributed by atoms with van der Waals surface area (Å²) in [6.45, 7) is 0. The fourth-order valence-corrected chi connectivity index (χ4v) is 2.41. The first kappa shape index (κ1) is 23.2. The van der Waals surface area contributed by atoms with Crippen molar-refractivity contribution in [3.63, 3.8) is 0 Å². The molecule has 0 aromatic carbocycles. The van der Waals surface area contributed by atoms with Crippen molar-refractivity contribution >= 4 is 46.3 Å². The third-order valence-electron chi connectivity index (χ3n) is 3.13. The van der Waals surface area contributed by atoms with E-state index in [-0.39, 0.29) is 10.7 Å². The number of carbonyl (C=O) groups excluding carboxylic acids is 5. The van der Waals surface area contributed by atoms with Crippen LogP contribution in [-0.4, -0.2) is 67.8 Å². The highest BCUT2D eigenvalue weighted by Gasteiger charge is 2.32. The molecule has 1 aromatic heterocycles. The monoisotopic (exact) mass is 428 g/mol. The molecule has 0 aliphatic carbocycles. The highest BCUT2D eigenvalue weighted by molar-refractivity contribution is 7.10. The highest BCUT2D eigenvalue weighted by Crippen LogP contribution is 2.25. The molecule has 0 atom stereocenters. The van der Waals surface area contributed by atoms with Crippen molar-refractivity contribution in [3.05, 3.63) is 28.6 Å². The number of methoxy groups -OCH3 is 4. The molecule has 1 rings (SSSR count). The fourth-order valence-electron chi connectivity index (χ4n) is 1.83. The average Bonchev–Trinajstić information content (AvgIpc) is 3.19. The van der Waals surface area contributed by atoms with Gasteiger partial charge in [-0.3, -0.25) is 4.79 Å². The van der Waals surface area contributed by atoms with Crippen molar-refractivity contribution in [2.75, 3.05) is 33.8 Å². The Morgan fingerprint density at radius 2 is 1.52 bits per heavy atom. The number of carbonyl (C=O) groups is 5. The molecule has 0 radical (unpaired) electrons. The molecule has 3 N–H and O–H groups in total. The van der Waals surface area contributed by atoms with Gasteiger partial charge in [-0.25, -0.2) is 19.2 Å². The van der Waals surface area contributed by atoms with Crippen LogP contribution in [0.2, 0.25) is 0 Å². The minimum atomic E-state index is -1.21. The number of esters is 4. The molecule has 13 nitrogen and oxygen atoms in total. The van der Waals surface area contributed by atoms with Gasteiger partial charge in [0.05, 0.1) is 34.0 Å². The van der Waals surface area contributed by atoms with Gasteiger partial charge in [-0.05, 0) is 0 Å². The number of nitrogens with two attached hydrogens (primary N) is 1. The summed E-state index contributed by atoms with van der Waals surface area (Å²) in [7, 11) is 3.96. The lowest BCUT2D eigenvalue weighted by Gasteiger charge is -2.15. The minimum Gasteiger partial charge on any atom is -0.466 e. The zero-order valence-electron chi connectivity index (χ0n) is 15.6. The van der Waals surface area contributed by atoms with Crippen LogP contribution in [0.25, 0.3) is 0 Å². The van der Waals surface area contributed by atoms with Crippen LogP contribution in [-0.2, 0) is 38.1 Å². The molecule has 0 saturated carbocycles. The van der Waals surface area contributed by atoms with Crippen molar-refractivity contribution in [2.45, 2.75) is 0 Å². The predicted molar refractivity (Wildman–Crippen MR) is 95.2 cm³/mol. The van der Waals surface area contributed by atoms with Crippen molar-refractivity contribution in [2.24, 2.45) is 5.73 Å². The van der Waals surface area contributed by atoms with Gasteiger partial charge in [0.25, 0.3) is 5.91 Å². The van der Waals surface area contributed by atoms with Gasteiger partial charge in [-0.15, -0.1) is 5.10 Å². The number of primary amides is 1. The largest absolute Gasteiger partial charge is 0.466 e. The Balaban J connectivity index is 3.83. The number of ether oxygens (including phenoxy) is 4. The number of anilines is 1. The molecule has 156 valence electrons. The quantitative estimate of drug-likeness (QED) is 0.221. The number of nitrogens with one attached hydrogen (secondary N) is 1. The summed E-state index contributed by atoms with van der Waals surface area (Å²) in [4.78, 5) is 60.1. The van der Waals surface area contributed by atoms with E-state index >= 15 is 0 Å². The minimum absolute atomic E-state index is 0.137. The van der Waals surface area contributed by atoms with E-state index in [9.17, 15) is 24.0 Å². The van der Waals surface area contributed by atoms with Crippen molar-refractivity contribution < 1.29 is 42.9 Å². The van der Waals surface area contributed by atoms with Gasteiger partial charge in [-0.1, -0.05) is 4.49 Å². The lowest BCUT2D eigenvalue weighted by molar-refractivity contribution is -0.141. The molecule has 0 bridgehead atoms. The molecule has 1 heterocycles. The third kappa shape index (κ3) is 5.58. The highest BCUT2D eigenvalue weighted by atomic mass is 32.1. The summed E-state index contributed by atoms with van der Waals surface area (Å²) in [5.41, 5.74) is 2.73. The number of aromatic nitrogens is 2. The second-order valence-electron chi connectivity index (χ2n) is 4.75. The van der Waals surface area contributed by atoms with Gasteiger partial charge in [0.15, 0.2) is 5.69 Å². The van der Waals surface area contributed by atoms with E-state index < -0.39 is 46.6 Å². The van der Waals surface area contributed by atoms with E-state index in [1.54, 1.807) is 0 Å². The summed E-state index contributed by atoms with van der Waals surface area (Å²) < 4.78 is 21.8. The van der Waals surface area contributed by atoms with Crippen molar-refractivity contribution in [3.8, 4) is 0 Å². The van der Waals surface area contributed by atoms with E-state index in [1.807, 2.05) is 0 Å². The maximum absolute atomic E-state index is 12.4. The van der Waals surface area contributed by atoms with Crippen LogP contribution < -0.4 is 11.1 Å². The van der Waals surface area contributed by atoms with Crippen LogP contribution in [0.4, 0.5) is 5.00 Å². The van der Waals surface area contributed by atoms with Gasteiger partial charge >= 0.3 is 23.9 Å². The Morgan fingerprint density at radius 1 is 0.931 bits per heavy atom.